The van der Waals surface area contributed by atoms with E-state index in [9.17, 15) is 19.5 Å². The molecule has 0 spiro atoms. The standard InChI is InChI=1S/C72H117NO8/c1-6-8-10-12-14-16-18-20-22-24-26-28-29-30-31-32-33-34-35-36-37-38-39-40-41-43-45-47-49-51-53-55-57-59-61-63-70(75)81-68(67-80-72(71(76)77)78-65-64-73(3,4)5)66-79-69(74)62-60-58-56-54-52-50-48-46-44-42-27-25-23-21-19-17-15-13-11-9-7-2/h8,10,14,16,19-22,25-28,30-31,33-34,36-37,39-40,43,45,49,51,68,72H,6-7,9,11-13,15,17-18,23-24,29,32,35,38,41-42,44,46-48,50,52-67H2,1-5H3/p+1/b10-8-,16-14-,21-19-,22-20-,27-25-,28-26-,31-30-,34-33-,37-36-,40-39-,45-43-,51-49-. The van der Waals surface area contributed by atoms with Gasteiger partial charge in [-0.15, -0.1) is 0 Å². The third kappa shape index (κ3) is 62.6. The van der Waals surface area contributed by atoms with Crippen LogP contribution in [0.2, 0.25) is 0 Å². The summed E-state index contributed by atoms with van der Waals surface area (Å²) in [7, 11) is 5.95. The van der Waals surface area contributed by atoms with E-state index in [1.165, 1.54) is 70.6 Å². The molecule has 0 aliphatic heterocycles. The molecule has 458 valence electrons. The van der Waals surface area contributed by atoms with Gasteiger partial charge < -0.3 is 28.5 Å². The van der Waals surface area contributed by atoms with Gasteiger partial charge in [-0.25, -0.2) is 4.79 Å². The average Bonchev–Trinajstić information content (AvgIpc) is 3.44. The fraction of sp³-hybridized carbons (Fsp3) is 0.625. The lowest BCUT2D eigenvalue weighted by Gasteiger charge is -2.25. The smallest absolute Gasteiger partial charge is 0.361 e. The maximum Gasteiger partial charge on any atom is 0.361 e. The molecule has 0 saturated carbocycles. The van der Waals surface area contributed by atoms with E-state index in [1.807, 2.05) is 21.1 Å². The molecule has 2 atom stereocenters. The number of hydrogen-bond acceptors (Lipinski definition) is 7. The second kappa shape index (κ2) is 61.2. The lowest BCUT2D eigenvalue weighted by molar-refractivity contribution is -0.870. The summed E-state index contributed by atoms with van der Waals surface area (Å²) >= 11 is 0. The molecule has 0 aromatic heterocycles. The number of esters is 2. The Labute approximate surface area is 496 Å². The van der Waals surface area contributed by atoms with Crippen molar-refractivity contribution in [2.75, 3.05) is 47.5 Å². The fourth-order valence-electron chi connectivity index (χ4n) is 8.19. The minimum atomic E-state index is -1.53. The number of carbonyl (C=O) groups excluding carboxylic acids is 2. The predicted molar refractivity (Wildman–Crippen MR) is 345 cm³/mol. The van der Waals surface area contributed by atoms with Crippen LogP contribution < -0.4 is 0 Å². The number of carboxylic acids is 1. The van der Waals surface area contributed by atoms with E-state index < -0.39 is 24.3 Å². The zero-order valence-corrected chi connectivity index (χ0v) is 52.1. The number of nitrogens with zero attached hydrogens (tertiary/aromatic N) is 1. The molecule has 0 aliphatic rings. The fourth-order valence-corrected chi connectivity index (χ4v) is 8.19. The van der Waals surface area contributed by atoms with Crippen LogP contribution in [0, 0.1) is 0 Å². The van der Waals surface area contributed by atoms with Gasteiger partial charge in [-0.05, 0) is 122 Å². The summed E-state index contributed by atoms with van der Waals surface area (Å²) in [4.78, 5) is 37.5. The molecule has 1 N–H and O–H groups in total. The number of allylic oxidation sites excluding steroid dienone is 24. The Bertz CT molecular complexity index is 1840. The molecule has 0 rings (SSSR count). The Balaban J connectivity index is 4.30. The van der Waals surface area contributed by atoms with Gasteiger partial charge in [-0.1, -0.05) is 243 Å². The molecule has 0 aliphatic carbocycles. The number of rotatable bonds is 57. The number of aliphatic carboxylic acids is 1. The van der Waals surface area contributed by atoms with Crippen molar-refractivity contribution < 1.29 is 42.9 Å². The molecule has 81 heavy (non-hydrogen) atoms. The molecular formula is C72H118NO8+. The first-order chi connectivity index (χ1) is 39.6. The largest absolute Gasteiger partial charge is 0.477 e. The highest BCUT2D eigenvalue weighted by Crippen LogP contribution is 2.14. The summed E-state index contributed by atoms with van der Waals surface area (Å²) < 4.78 is 22.9. The van der Waals surface area contributed by atoms with Crippen molar-refractivity contribution in [2.45, 2.75) is 245 Å². The molecule has 0 aromatic rings. The van der Waals surface area contributed by atoms with Gasteiger partial charge in [0.1, 0.15) is 13.2 Å². The maximum absolute atomic E-state index is 12.9. The van der Waals surface area contributed by atoms with E-state index in [0.29, 0.717) is 17.4 Å². The monoisotopic (exact) mass is 1120 g/mol. The average molecular weight is 1130 g/mol. The summed E-state index contributed by atoms with van der Waals surface area (Å²) in [6, 6.07) is 0. The molecule has 2 unspecified atom stereocenters. The summed E-state index contributed by atoms with van der Waals surface area (Å²) in [6.07, 6.45) is 86.5. The summed E-state index contributed by atoms with van der Waals surface area (Å²) in [5.41, 5.74) is 0. The zero-order valence-electron chi connectivity index (χ0n) is 52.1. The van der Waals surface area contributed by atoms with Crippen LogP contribution in [0.3, 0.4) is 0 Å². The third-order valence-corrected chi connectivity index (χ3v) is 13.1. The molecule has 9 nitrogen and oxygen atoms in total. The number of ether oxygens (including phenoxy) is 4. The molecule has 0 fully saturated rings. The number of carbonyl (C=O) groups is 3. The first-order valence-electron chi connectivity index (χ1n) is 32.0. The van der Waals surface area contributed by atoms with Gasteiger partial charge in [0.25, 0.3) is 6.29 Å². The van der Waals surface area contributed by atoms with Gasteiger partial charge in [0.15, 0.2) is 6.10 Å². The molecule has 9 heteroatoms. The molecule has 0 heterocycles. The Kier molecular flexibility index (Phi) is 57.6. The SMILES string of the molecule is CC/C=C\C/C=C\C/C=C\C/C=C\C/C=C\C/C=C\C/C=C\C/C=C\C/C=C\C/C=C\CCCCCCC(=O)OC(COC(=O)CCCCCCCCCCC/C=C\C/C=C\CCCCCCC)COC(OCC[N+](C)(C)C)C(=O)O. The highest BCUT2D eigenvalue weighted by molar-refractivity contribution is 5.71. The zero-order chi connectivity index (χ0) is 59.1. The van der Waals surface area contributed by atoms with Crippen molar-refractivity contribution in [1.29, 1.82) is 0 Å². The number of hydrogen-bond donors (Lipinski definition) is 1. The van der Waals surface area contributed by atoms with Gasteiger partial charge in [-0.2, -0.15) is 0 Å². The molecule has 0 amide bonds. The minimum absolute atomic E-state index is 0.174. The van der Waals surface area contributed by atoms with Crippen molar-refractivity contribution in [2.24, 2.45) is 0 Å². The lowest BCUT2D eigenvalue weighted by Crippen LogP contribution is -2.40. The maximum atomic E-state index is 12.9. The third-order valence-electron chi connectivity index (χ3n) is 13.1. The summed E-state index contributed by atoms with van der Waals surface area (Å²) in [6.45, 7) is 4.70. The van der Waals surface area contributed by atoms with Gasteiger partial charge in [-0.3, -0.25) is 9.59 Å². The topological polar surface area (TPSA) is 108 Å². The van der Waals surface area contributed by atoms with Crippen molar-refractivity contribution in [3.8, 4) is 0 Å². The Morgan fingerprint density at radius 3 is 1.05 bits per heavy atom. The molecule has 0 bridgehead atoms. The van der Waals surface area contributed by atoms with E-state index in [0.717, 1.165) is 128 Å². The molecule has 0 aromatic carbocycles. The van der Waals surface area contributed by atoms with Crippen molar-refractivity contribution >= 4 is 17.9 Å². The van der Waals surface area contributed by atoms with Crippen LogP contribution in [0.1, 0.15) is 232 Å². The van der Waals surface area contributed by atoms with Crippen LogP contribution in [0.5, 0.6) is 0 Å². The predicted octanol–water partition coefficient (Wildman–Crippen LogP) is 19.6. The lowest BCUT2D eigenvalue weighted by atomic mass is 10.1. The van der Waals surface area contributed by atoms with Crippen LogP contribution in [-0.4, -0.2) is 87.4 Å². The van der Waals surface area contributed by atoms with Crippen LogP contribution in [-0.2, 0) is 33.3 Å². The van der Waals surface area contributed by atoms with Crippen molar-refractivity contribution in [1.82, 2.24) is 0 Å². The number of unbranched alkanes of at least 4 members (excludes halogenated alkanes) is 18. The first-order valence-corrected chi connectivity index (χ1v) is 32.0. The van der Waals surface area contributed by atoms with E-state index in [2.05, 4.69) is 160 Å². The van der Waals surface area contributed by atoms with Crippen molar-refractivity contribution in [3.05, 3.63) is 146 Å². The molecular weight excluding hydrogens is 1010 g/mol. The van der Waals surface area contributed by atoms with Gasteiger partial charge in [0.05, 0.1) is 34.4 Å². The van der Waals surface area contributed by atoms with Crippen LogP contribution >= 0.6 is 0 Å². The van der Waals surface area contributed by atoms with E-state index in [1.54, 1.807) is 0 Å². The van der Waals surface area contributed by atoms with Gasteiger partial charge in [0, 0.05) is 12.8 Å². The van der Waals surface area contributed by atoms with Crippen LogP contribution in [0.25, 0.3) is 0 Å². The summed E-state index contributed by atoms with van der Waals surface area (Å²) in [5.74, 6) is -2.06. The van der Waals surface area contributed by atoms with E-state index in [4.69, 9.17) is 18.9 Å². The van der Waals surface area contributed by atoms with Crippen LogP contribution in [0.4, 0.5) is 0 Å². The minimum Gasteiger partial charge on any atom is -0.477 e. The number of likely N-dealkylation sites (N-methyl/N-ethyl adjacent to an activating group) is 1. The van der Waals surface area contributed by atoms with Crippen molar-refractivity contribution in [3.63, 3.8) is 0 Å². The first kappa shape index (κ1) is 76.2. The highest BCUT2D eigenvalue weighted by atomic mass is 16.7. The Morgan fingerprint density at radius 1 is 0.383 bits per heavy atom. The quantitative estimate of drug-likeness (QED) is 0.0211. The molecule has 0 radical (unpaired) electrons. The molecule has 0 saturated heterocycles. The number of carboxylic acid groups (broad SMARTS) is 1. The normalized spacial score (nSPS) is 13.7. The van der Waals surface area contributed by atoms with Gasteiger partial charge in [0.2, 0.25) is 0 Å². The summed E-state index contributed by atoms with van der Waals surface area (Å²) in [5, 5.41) is 9.72. The van der Waals surface area contributed by atoms with Crippen LogP contribution in [0.15, 0.2) is 146 Å². The van der Waals surface area contributed by atoms with E-state index in [-0.39, 0.29) is 38.6 Å². The highest BCUT2D eigenvalue weighted by Gasteiger charge is 2.25. The number of quaternary nitrogens is 1. The Morgan fingerprint density at radius 2 is 0.704 bits per heavy atom. The second-order valence-electron chi connectivity index (χ2n) is 22.0. The van der Waals surface area contributed by atoms with E-state index >= 15 is 0 Å². The van der Waals surface area contributed by atoms with Gasteiger partial charge >= 0.3 is 17.9 Å². The second-order valence-corrected chi connectivity index (χ2v) is 22.0. The Hall–Kier alpha value is -4.83.